The lowest BCUT2D eigenvalue weighted by molar-refractivity contribution is -0.139. The number of rotatable bonds is 8. The summed E-state index contributed by atoms with van der Waals surface area (Å²) in [6.07, 6.45) is -4.42. The highest BCUT2D eigenvalue weighted by atomic mass is 19.4. The van der Waals surface area contributed by atoms with Gasteiger partial charge in [0.25, 0.3) is 5.91 Å². The monoisotopic (exact) mass is 493 g/mol. The van der Waals surface area contributed by atoms with Gasteiger partial charge < -0.3 is 15.2 Å². The fourth-order valence-electron chi connectivity index (χ4n) is 3.86. The molecule has 8 heteroatoms. The summed E-state index contributed by atoms with van der Waals surface area (Å²) in [6.45, 7) is -0.218. The van der Waals surface area contributed by atoms with Gasteiger partial charge in [-0.25, -0.2) is 4.79 Å². The summed E-state index contributed by atoms with van der Waals surface area (Å²) < 4.78 is 45.2. The third-order valence-corrected chi connectivity index (χ3v) is 5.65. The van der Waals surface area contributed by atoms with Gasteiger partial charge in [-0.3, -0.25) is 4.79 Å². The number of ether oxygens (including phenoxy) is 1. The molecule has 36 heavy (non-hydrogen) atoms. The number of carbonyl (C=O) groups excluding carboxylic acids is 1. The second-order valence-electron chi connectivity index (χ2n) is 8.20. The molecule has 184 valence electrons. The molecule has 0 fully saturated rings. The van der Waals surface area contributed by atoms with Crippen molar-refractivity contribution >= 4 is 22.6 Å². The molecule has 1 atom stereocenters. The standard InChI is InChI=1S/C28H22F3NO4/c29-28(30,31)21-11-6-9-19(15-21)17-36-25-22-12-5-4-10-20(22)13-14-23(25)26(33)32-24(27(34)35)16-18-7-2-1-3-8-18/h1-15,24H,16-17H2,(H,32,33)(H,34,35)/t24-/m0/s1. The molecule has 0 aliphatic rings. The van der Waals surface area contributed by atoms with Crippen molar-refractivity contribution in [2.45, 2.75) is 25.2 Å². The number of nitrogens with one attached hydrogen (secondary N) is 1. The van der Waals surface area contributed by atoms with E-state index in [2.05, 4.69) is 5.32 Å². The van der Waals surface area contributed by atoms with Crippen LogP contribution in [0.2, 0.25) is 0 Å². The van der Waals surface area contributed by atoms with E-state index in [1.54, 1.807) is 54.6 Å². The van der Waals surface area contributed by atoms with Gasteiger partial charge in [-0.1, -0.05) is 72.8 Å². The van der Waals surface area contributed by atoms with Gasteiger partial charge in [0, 0.05) is 11.8 Å². The lowest BCUT2D eigenvalue weighted by Crippen LogP contribution is -2.42. The summed E-state index contributed by atoms with van der Waals surface area (Å²) >= 11 is 0. The molecule has 0 aliphatic carbocycles. The Kier molecular flexibility index (Phi) is 7.24. The highest BCUT2D eigenvalue weighted by molar-refractivity contribution is 6.04. The smallest absolute Gasteiger partial charge is 0.416 e. The Morgan fingerprint density at radius 3 is 2.28 bits per heavy atom. The maximum Gasteiger partial charge on any atom is 0.416 e. The zero-order chi connectivity index (χ0) is 25.7. The molecule has 4 rings (SSSR count). The van der Waals surface area contributed by atoms with Crippen molar-refractivity contribution in [3.05, 3.63) is 113 Å². The molecule has 0 unspecified atom stereocenters. The number of fused-ring (bicyclic) bond motifs is 1. The van der Waals surface area contributed by atoms with Crippen LogP contribution in [-0.4, -0.2) is 23.0 Å². The maximum absolute atomic E-state index is 13.2. The average Bonchev–Trinajstić information content (AvgIpc) is 2.87. The number of aliphatic carboxylic acids is 1. The maximum atomic E-state index is 13.2. The highest BCUT2D eigenvalue weighted by Crippen LogP contribution is 2.32. The number of benzene rings is 4. The predicted molar refractivity (Wildman–Crippen MR) is 129 cm³/mol. The number of alkyl halides is 3. The zero-order valence-electron chi connectivity index (χ0n) is 19.0. The lowest BCUT2D eigenvalue weighted by Gasteiger charge is -2.18. The number of carbonyl (C=O) groups is 2. The van der Waals surface area contributed by atoms with Crippen LogP contribution in [0.1, 0.15) is 27.0 Å². The molecule has 0 aromatic heterocycles. The first kappa shape index (κ1) is 24.8. The molecule has 0 bridgehead atoms. The van der Waals surface area contributed by atoms with Crippen LogP contribution < -0.4 is 10.1 Å². The van der Waals surface area contributed by atoms with Gasteiger partial charge in [-0.05, 0) is 34.7 Å². The minimum absolute atomic E-state index is 0.0793. The van der Waals surface area contributed by atoms with Crippen LogP contribution in [0.25, 0.3) is 10.8 Å². The summed E-state index contributed by atoms with van der Waals surface area (Å²) in [6, 6.07) is 22.8. The van der Waals surface area contributed by atoms with Crippen molar-refractivity contribution < 1.29 is 32.6 Å². The summed E-state index contributed by atoms with van der Waals surface area (Å²) in [5.41, 5.74) is 0.297. The Labute approximate surface area is 205 Å². The molecule has 4 aromatic carbocycles. The first-order valence-electron chi connectivity index (χ1n) is 11.1. The van der Waals surface area contributed by atoms with E-state index in [1.165, 1.54) is 18.2 Å². The van der Waals surface area contributed by atoms with E-state index in [0.717, 1.165) is 23.1 Å². The van der Waals surface area contributed by atoms with Crippen molar-refractivity contribution in [2.75, 3.05) is 0 Å². The number of halogens is 3. The van der Waals surface area contributed by atoms with Crippen molar-refractivity contribution in [1.29, 1.82) is 0 Å². The van der Waals surface area contributed by atoms with Gasteiger partial charge in [0.2, 0.25) is 0 Å². The number of carboxylic acids is 1. The van der Waals surface area contributed by atoms with E-state index >= 15 is 0 Å². The molecule has 0 saturated carbocycles. The molecule has 2 N–H and O–H groups in total. The highest BCUT2D eigenvalue weighted by Gasteiger charge is 2.30. The zero-order valence-corrected chi connectivity index (χ0v) is 19.0. The Hall–Kier alpha value is -4.33. The third kappa shape index (κ3) is 5.83. The fraction of sp³-hybridized carbons (Fsp3) is 0.143. The minimum Gasteiger partial charge on any atom is -0.487 e. The van der Waals surface area contributed by atoms with Crippen molar-refractivity contribution in [3.8, 4) is 5.75 Å². The topological polar surface area (TPSA) is 75.6 Å². The molecule has 0 radical (unpaired) electrons. The first-order valence-corrected chi connectivity index (χ1v) is 11.1. The summed E-state index contributed by atoms with van der Waals surface area (Å²) in [4.78, 5) is 25.1. The molecular weight excluding hydrogens is 471 g/mol. The van der Waals surface area contributed by atoms with Crippen LogP contribution in [0.3, 0.4) is 0 Å². The SMILES string of the molecule is O=C(N[C@@H](Cc1ccccc1)C(=O)O)c1ccc2ccccc2c1OCc1cccc(C(F)(F)F)c1. The van der Waals surface area contributed by atoms with E-state index in [-0.39, 0.29) is 29.9 Å². The fourth-order valence-corrected chi connectivity index (χ4v) is 3.86. The summed E-state index contributed by atoms with van der Waals surface area (Å²) in [7, 11) is 0. The second-order valence-corrected chi connectivity index (χ2v) is 8.20. The van der Waals surface area contributed by atoms with Crippen molar-refractivity contribution in [1.82, 2.24) is 5.32 Å². The molecular formula is C28H22F3NO4. The van der Waals surface area contributed by atoms with Gasteiger partial charge in [0.1, 0.15) is 18.4 Å². The molecule has 0 spiro atoms. The minimum atomic E-state index is -4.49. The summed E-state index contributed by atoms with van der Waals surface area (Å²) in [5, 5.41) is 13.6. The van der Waals surface area contributed by atoms with Gasteiger partial charge in [-0.2, -0.15) is 13.2 Å². The van der Waals surface area contributed by atoms with E-state index in [4.69, 9.17) is 4.74 Å². The normalized spacial score (nSPS) is 12.2. The molecule has 1 amide bonds. The lowest BCUT2D eigenvalue weighted by atomic mass is 10.0. The van der Waals surface area contributed by atoms with E-state index in [9.17, 15) is 27.9 Å². The molecule has 0 saturated heterocycles. The van der Waals surface area contributed by atoms with Crippen molar-refractivity contribution in [2.24, 2.45) is 0 Å². The van der Waals surface area contributed by atoms with Gasteiger partial charge >= 0.3 is 12.1 Å². The van der Waals surface area contributed by atoms with E-state index in [0.29, 0.717) is 5.39 Å². The molecule has 4 aromatic rings. The van der Waals surface area contributed by atoms with Crippen LogP contribution in [0.4, 0.5) is 13.2 Å². The average molecular weight is 493 g/mol. The number of hydrogen-bond donors (Lipinski definition) is 2. The van der Waals surface area contributed by atoms with Crippen molar-refractivity contribution in [3.63, 3.8) is 0 Å². The quantitative estimate of drug-likeness (QED) is 0.322. The van der Waals surface area contributed by atoms with E-state index in [1.807, 2.05) is 6.07 Å². The Morgan fingerprint density at radius 1 is 0.861 bits per heavy atom. The van der Waals surface area contributed by atoms with Gasteiger partial charge in [0.15, 0.2) is 0 Å². The van der Waals surface area contributed by atoms with Crippen LogP contribution in [0.5, 0.6) is 5.75 Å². The molecule has 5 nitrogen and oxygen atoms in total. The molecule has 0 aliphatic heterocycles. The number of amides is 1. The van der Waals surface area contributed by atoms with Crippen LogP contribution in [0.15, 0.2) is 91.0 Å². The molecule has 0 heterocycles. The second kappa shape index (κ2) is 10.5. The van der Waals surface area contributed by atoms with Gasteiger partial charge in [-0.15, -0.1) is 0 Å². The predicted octanol–water partition coefficient (Wildman–Crippen LogP) is 5.86. The Balaban J connectivity index is 1.63. The summed E-state index contributed by atoms with van der Waals surface area (Å²) in [5.74, 6) is -1.70. The Morgan fingerprint density at radius 2 is 1.56 bits per heavy atom. The number of hydrogen-bond acceptors (Lipinski definition) is 3. The van der Waals surface area contributed by atoms with Crippen LogP contribution in [0, 0.1) is 0 Å². The largest absolute Gasteiger partial charge is 0.487 e. The van der Waals surface area contributed by atoms with E-state index < -0.39 is 29.7 Å². The van der Waals surface area contributed by atoms with Gasteiger partial charge in [0.05, 0.1) is 11.1 Å². The van der Waals surface area contributed by atoms with Crippen LogP contribution >= 0.6 is 0 Å². The first-order chi connectivity index (χ1) is 17.2. The van der Waals surface area contributed by atoms with Crippen LogP contribution in [-0.2, 0) is 24.0 Å². The number of carboxylic acid groups (broad SMARTS) is 1. The Bertz CT molecular complexity index is 1390. The third-order valence-electron chi connectivity index (χ3n) is 5.65.